The van der Waals surface area contributed by atoms with Gasteiger partial charge in [-0.05, 0) is 26.7 Å². The Morgan fingerprint density at radius 1 is 1.50 bits per heavy atom. The first-order valence-corrected chi connectivity index (χ1v) is 7.37. The fourth-order valence-electron chi connectivity index (χ4n) is 2.61. The van der Waals surface area contributed by atoms with Crippen LogP contribution in [-0.4, -0.2) is 21.2 Å². The van der Waals surface area contributed by atoms with Crippen LogP contribution in [-0.2, 0) is 28.3 Å². The smallest absolute Gasteiger partial charge is 0.359 e. The fourth-order valence-corrected chi connectivity index (χ4v) is 2.61. The van der Waals surface area contributed by atoms with E-state index in [1.54, 1.807) is 6.26 Å². The second kappa shape index (κ2) is 4.67. The zero-order chi connectivity index (χ0) is 15.3. The maximum atomic E-state index is 12.2. The molecule has 1 aliphatic heterocycles. The normalized spacial score (nSPS) is 19.2. The van der Waals surface area contributed by atoms with Crippen molar-refractivity contribution in [3.8, 4) is 0 Å². The van der Waals surface area contributed by atoms with E-state index in [4.69, 9.17) is 13.9 Å². The summed E-state index contributed by atoms with van der Waals surface area (Å²) in [5, 5.41) is 6.94. The summed E-state index contributed by atoms with van der Waals surface area (Å²) in [5.74, 6) is 0.704. The van der Waals surface area contributed by atoms with Gasteiger partial charge in [0.05, 0.1) is 12.3 Å². The first-order valence-electron chi connectivity index (χ1n) is 7.37. The molecule has 3 heterocycles. The predicted molar refractivity (Wildman–Crippen MR) is 74.0 cm³/mol. The summed E-state index contributed by atoms with van der Waals surface area (Å²) in [5.41, 5.74) is 2.06. The number of hydrogen-bond donors (Lipinski definition) is 1. The zero-order valence-corrected chi connectivity index (χ0v) is 12.5. The molecular weight excluding hydrogens is 286 g/mol. The van der Waals surface area contributed by atoms with Crippen LogP contribution in [0.15, 0.2) is 10.7 Å². The summed E-state index contributed by atoms with van der Waals surface area (Å²) < 4.78 is 16.3. The molecule has 0 saturated heterocycles. The number of aromatic amines is 1. The second-order valence-electron chi connectivity index (χ2n) is 6.25. The minimum absolute atomic E-state index is 0.0843. The molecule has 0 atom stereocenters. The molecule has 22 heavy (non-hydrogen) atoms. The quantitative estimate of drug-likeness (QED) is 0.872. The van der Waals surface area contributed by atoms with E-state index in [1.165, 1.54) is 0 Å². The minimum atomic E-state index is -0.477. The van der Waals surface area contributed by atoms with E-state index in [2.05, 4.69) is 15.2 Å². The van der Waals surface area contributed by atoms with Gasteiger partial charge in [-0.3, -0.25) is 5.10 Å². The van der Waals surface area contributed by atoms with Crippen molar-refractivity contribution >= 4 is 5.97 Å². The van der Waals surface area contributed by atoms with Crippen LogP contribution in [0.1, 0.15) is 65.9 Å². The Morgan fingerprint density at radius 2 is 2.32 bits per heavy atom. The summed E-state index contributed by atoms with van der Waals surface area (Å²) in [6.07, 6.45) is 3.78. The summed E-state index contributed by atoms with van der Waals surface area (Å²) in [6.45, 7) is 4.31. The lowest BCUT2D eigenvalue weighted by Gasteiger charge is -2.15. The number of nitrogens with zero attached hydrogens (tertiary/aromatic N) is 2. The standard InChI is InChI=1S/C15H17N3O4/c1-15(2)12-10(7-22-15)11(17-18-12)14(19)21-6-9-5-20-13(16-9)8-3-4-8/h5,8H,3-4,6-7H2,1-2H3,(H,17,18). The third-order valence-corrected chi connectivity index (χ3v) is 4.09. The molecule has 0 unspecified atom stereocenters. The number of ether oxygens (including phenoxy) is 2. The molecule has 1 N–H and O–H groups in total. The largest absolute Gasteiger partial charge is 0.454 e. The van der Waals surface area contributed by atoms with E-state index >= 15 is 0 Å². The molecule has 116 valence electrons. The van der Waals surface area contributed by atoms with Gasteiger partial charge in [0.1, 0.15) is 24.2 Å². The summed E-state index contributed by atoms with van der Waals surface area (Å²) >= 11 is 0. The lowest BCUT2D eigenvalue weighted by molar-refractivity contribution is -0.0117. The number of H-pyrrole nitrogens is 1. The van der Waals surface area contributed by atoms with Gasteiger partial charge in [0, 0.05) is 11.5 Å². The third-order valence-electron chi connectivity index (χ3n) is 4.09. The summed E-state index contributed by atoms with van der Waals surface area (Å²) in [7, 11) is 0. The number of esters is 1. The van der Waals surface area contributed by atoms with Crippen LogP contribution >= 0.6 is 0 Å². The van der Waals surface area contributed by atoms with Crippen molar-refractivity contribution < 1.29 is 18.7 Å². The number of fused-ring (bicyclic) bond motifs is 1. The van der Waals surface area contributed by atoms with Gasteiger partial charge in [0.2, 0.25) is 0 Å². The highest BCUT2D eigenvalue weighted by Gasteiger charge is 2.37. The minimum Gasteiger partial charge on any atom is -0.454 e. The van der Waals surface area contributed by atoms with Gasteiger partial charge in [-0.25, -0.2) is 9.78 Å². The molecule has 7 heteroatoms. The lowest BCUT2D eigenvalue weighted by Crippen LogP contribution is -2.15. The Morgan fingerprint density at radius 3 is 3.09 bits per heavy atom. The van der Waals surface area contributed by atoms with E-state index in [0.29, 0.717) is 18.2 Å². The molecule has 0 bridgehead atoms. The number of aromatic nitrogens is 3. The molecule has 2 aliphatic rings. The maximum absolute atomic E-state index is 12.2. The van der Waals surface area contributed by atoms with Crippen molar-refractivity contribution in [2.24, 2.45) is 0 Å². The molecule has 1 saturated carbocycles. The van der Waals surface area contributed by atoms with Crippen molar-refractivity contribution in [1.82, 2.24) is 15.2 Å². The molecule has 4 rings (SSSR count). The SMILES string of the molecule is CC1(C)OCc2c(C(=O)OCc3coc(C4CC4)n3)n[nH]c21. The summed E-state index contributed by atoms with van der Waals surface area (Å²) in [6, 6.07) is 0. The maximum Gasteiger partial charge on any atom is 0.359 e. The Labute approximate surface area is 127 Å². The van der Waals surface area contributed by atoms with Gasteiger partial charge in [-0.2, -0.15) is 5.10 Å². The first-order chi connectivity index (χ1) is 10.5. The van der Waals surface area contributed by atoms with Gasteiger partial charge in [-0.1, -0.05) is 0 Å². The molecule has 0 aromatic carbocycles. The van der Waals surface area contributed by atoms with E-state index in [-0.39, 0.29) is 12.3 Å². The van der Waals surface area contributed by atoms with E-state index < -0.39 is 11.6 Å². The number of rotatable bonds is 4. The fraction of sp³-hybridized carbons (Fsp3) is 0.533. The Balaban J connectivity index is 1.44. The van der Waals surface area contributed by atoms with Gasteiger partial charge < -0.3 is 13.9 Å². The first kappa shape index (κ1) is 13.5. The van der Waals surface area contributed by atoms with Gasteiger partial charge in [0.25, 0.3) is 0 Å². The monoisotopic (exact) mass is 303 g/mol. The number of hydrogen-bond acceptors (Lipinski definition) is 6. The van der Waals surface area contributed by atoms with Crippen LogP contribution < -0.4 is 0 Å². The average Bonchev–Trinajstić information content (AvgIpc) is 2.96. The van der Waals surface area contributed by atoms with Gasteiger partial charge >= 0.3 is 5.97 Å². The van der Waals surface area contributed by atoms with Crippen LogP contribution in [0.25, 0.3) is 0 Å². The van der Waals surface area contributed by atoms with Crippen molar-refractivity contribution in [3.63, 3.8) is 0 Å². The van der Waals surface area contributed by atoms with Crippen LogP contribution in [0, 0.1) is 0 Å². The third kappa shape index (κ3) is 2.21. The van der Waals surface area contributed by atoms with Gasteiger partial charge in [0.15, 0.2) is 11.6 Å². The molecule has 2 aromatic heterocycles. The molecule has 0 radical (unpaired) electrons. The summed E-state index contributed by atoms with van der Waals surface area (Å²) in [4.78, 5) is 16.5. The van der Waals surface area contributed by atoms with Crippen molar-refractivity contribution in [2.75, 3.05) is 0 Å². The highest BCUT2D eigenvalue weighted by Crippen LogP contribution is 2.39. The number of nitrogens with one attached hydrogen (secondary N) is 1. The molecule has 0 spiro atoms. The van der Waals surface area contributed by atoms with Crippen molar-refractivity contribution in [3.05, 3.63) is 34.8 Å². The highest BCUT2D eigenvalue weighted by atomic mass is 16.5. The van der Waals surface area contributed by atoms with Crippen molar-refractivity contribution in [1.29, 1.82) is 0 Å². The topological polar surface area (TPSA) is 90.2 Å². The number of oxazole rings is 1. The Kier molecular flexibility index (Phi) is 2.87. The van der Waals surface area contributed by atoms with Crippen LogP contribution in [0.3, 0.4) is 0 Å². The Hall–Kier alpha value is -2.15. The highest BCUT2D eigenvalue weighted by molar-refractivity contribution is 5.89. The van der Waals surface area contributed by atoms with Crippen LogP contribution in [0.2, 0.25) is 0 Å². The van der Waals surface area contributed by atoms with Crippen LogP contribution in [0.4, 0.5) is 0 Å². The number of carbonyl (C=O) groups is 1. The molecule has 0 amide bonds. The second-order valence-corrected chi connectivity index (χ2v) is 6.25. The van der Waals surface area contributed by atoms with E-state index in [9.17, 15) is 4.79 Å². The zero-order valence-electron chi connectivity index (χ0n) is 12.5. The Bertz CT molecular complexity index is 727. The van der Waals surface area contributed by atoms with E-state index in [0.717, 1.165) is 30.0 Å². The van der Waals surface area contributed by atoms with Gasteiger partial charge in [-0.15, -0.1) is 0 Å². The average molecular weight is 303 g/mol. The van der Waals surface area contributed by atoms with Crippen molar-refractivity contribution in [2.45, 2.75) is 51.4 Å². The number of carbonyl (C=O) groups excluding carboxylic acids is 1. The lowest BCUT2D eigenvalue weighted by atomic mass is 10.0. The molecular formula is C15H17N3O4. The molecule has 2 aromatic rings. The van der Waals surface area contributed by atoms with Crippen LogP contribution in [0.5, 0.6) is 0 Å². The van der Waals surface area contributed by atoms with E-state index in [1.807, 2.05) is 13.8 Å². The molecule has 7 nitrogen and oxygen atoms in total. The molecule has 1 aliphatic carbocycles. The molecule has 1 fully saturated rings. The predicted octanol–water partition coefficient (Wildman–Crippen LogP) is 2.40.